The minimum atomic E-state index is -5.15. The third kappa shape index (κ3) is 5.23. The molecule has 1 aliphatic rings. The van der Waals surface area contributed by atoms with Gasteiger partial charge in [-0.25, -0.2) is 8.42 Å². The van der Waals surface area contributed by atoms with Gasteiger partial charge in [0.1, 0.15) is 0 Å². The van der Waals surface area contributed by atoms with Crippen LogP contribution in [0.2, 0.25) is 5.02 Å². The zero-order chi connectivity index (χ0) is 23.7. The Hall–Kier alpha value is -1.79. The Balaban J connectivity index is 1.70. The average molecular weight is 509 g/mol. The standard InChI is InChI=1S/C20H20ClF3N2O4S2/c1-19(28,20(22,23)24)18(27)25-17-9-6-14(12-16(17)21)31-13-4-7-15(8-5-13)32(29,30)26-10-2-3-11-26/h4-9,12,28H,2-3,10-11H2,1H3,(H,25,27). The Morgan fingerprint density at radius 2 is 1.66 bits per heavy atom. The van der Waals surface area contributed by atoms with Gasteiger partial charge in [-0.15, -0.1) is 0 Å². The first-order valence-electron chi connectivity index (χ1n) is 9.50. The molecule has 2 N–H and O–H groups in total. The van der Waals surface area contributed by atoms with Crippen LogP contribution in [-0.2, 0) is 14.8 Å². The third-order valence-electron chi connectivity index (χ3n) is 4.95. The topological polar surface area (TPSA) is 86.7 Å². The second-order valence-corrected chi connectivity index (χ2v) is 10.8. The fraction of sp³-hybridized carbons (Fsp3) is 0.350. The summed E-state index contributed by atoms with van der Waals surface area (Å²) in [5.74, 6) is -1.65. The summed E-state index contributed by atoms with van der Waals surface area (Å²) in [4.78, 5) is 13.4. The van der Waals surface area contributed by atoms with E-state index in [2.05, 4.69) is 0 Å². The van der Waals surface area contributed by atoms with Crippen molar-refractivity contribution in [3.63, 3.8) is 0 Å². The maximum atomic E-state index is 12.8. The van der Waals surface area contributed by atoms with Gasteiger partial charge in [-0.05, 0) is 62.2 Å². The van der Waals surface area contributed by atoms with Gasteiger partial charge >= 0.3 is 6.18 Å². The summed E-state index contributed by atoms with van der Waals surface area (Å²) in [7, 11) is -3.51. The van der Waals surface area contributed by atoms with E-state index in [4.69, 9.17) is 11.6 Å². The molecule has 174 valence electrons. The lowest BCUT2D eigenvalue weighted by Crippen LogP contribution is -2.52. The molecule has 1 unspecified atom stereocenters. The molecule has 1 fully saturated rings. The lowest BCUT2D eigenvalue weighted by molar-refractivity contribution is -0.242. The number of aliphatic hydroxyl groups is 1. The SMILES string of the molecule is CC(O)(C(=O)Nc1ccc(Sc2ccc(S(=O)(=O)N3CCCC3)cc2)cc1Cl)C(F)(F)F. The number of anilines is 1. The number of sulfonamides is 1. The van der Waals surface area contributed by atoms with E-state index in [9.17, 15) is 31.5 Å². The highest BCUT2D eigenvalue weighted by atomic mass is 35.5. The Kier molecular flexibility index (Phi) is 7.16. The Morgan fingerprint density at radius 1 is 1.09 bits per heavy atom. The number of rotatable bonds is 6. The number of nitrogens with one attached hydrogen (secondary N) is 1. The molecular weight excluding hydrogens is 489 g/mol. The Bertz CT molecular complexity index is 1100. The number of amides is 1. The van der Waals surface area contributed by atoms with Crippen LogP contribution < -0.4 is 5.32 Å². The summed E-state index contributed by atoms with van der Waals surface area (Å²) in [5.41, 5.74) is -3.65. The quantitative estimate of drug-likeness (QED) is 0.599. The molecule has 0 saturated carbocycles. The molecule has 2 aromatic carbocycles. The molecule has 0 aromatic heterocycles. The predicted molar refractivity (Wildman–Crippen MR) is 115 cm³/mol. The zero-order valence-corrected chi connectivity index (χ0v) is 19.2. The molecule has 1 amide bonds. The molecule has 1 saturated heterocycles. The fourth-order valence-corrected chi connectivity index (χ4v) is 5.59. The summed E-state index contributed by atoms with van der Waals surface area (Å²) in [6.45, 7) is 1.38. The van der Waals surface area contributed by atoms with Crippen molar-refractivity contribution in [3.05, 3.63) is 47.5 Å². The monoisotopic (exact) mass is 508 g/mol. The first kappa shape index (κ1) is 24.8. The van der Waals surface area contributed by atoms with Crippen molar-refractivity contribution in [3.8, 4) is 0 Å². The number of nitrogens with zero attached hydrogens (tertiary/aromatic N) is 1. The van der Waals surface area contributed by atoms with Gasteiger partial charge in [0.05, 0.1) is 15.6 Å². The second-order valence-electron chi connectivity index (χ2n) is 7.35. The van der Waals surface area contributed by atoms with Crippen molar-refractivity contribution in [2.45, 2.75) is 46.2 Å². The first-order chi connectivity index (χ1) is 14.8. The highest BCUT2D eigenvalue weighted by Crippen LogP contribution is 2.35. The molecular formula is C20H20ClF3N2O4S2. The maximum Gasteiger partial charge on any atom is 0.426 e. The zero-order valence-electron chi connectivity index (χ0n) is 16.8. The van der Waals surface area contributed by atoms with Crippen LogP contribution in [0.3, 0.4) is 0 Å². The lowest BCUT2D eigenvalue weighted by atomic mass is 10.1. The van der Waals surface area contributed by atoms with Gasteiger partial charge in [0.15, 0.2) is 0 Å². The molecule has 3 rings (SSSR count). The smallest absolute Gasteiger partial charge is 0.373 e. The Labute approximate surface area is 192 Å². The van der Waals surface area contributed by atoms with E-state index in [1.807, 2.05) is 5.32 Å². The predicted octanol–water partition coefficient (Wildman–Crippen LogP) is 4.53. The van der Waals surface area contributed by atoms with E-state index in [0.717, 1.165) is 17.7 Å². The van der Waals surface area contributed by atoms with Crippen molar-refractivity contribution < 1.29 is 31.5 Å². The van der Waals surface area contributed by atoms with Crippen LogP contribution in [0.25, 0.3) is 0 Å². The number of carbonyl (C=O) groups is 1. The van der Waals surface area contributed by atoms with Gasteiger partial charge < -0.3 is 10.4 Å². The normalized spacial score (nSPS) is 17.2. The molecule has 0 radical (unpaired) electrons. The number of benzene rings is 2. The van der Waals surface area contributed by atoms with Crippen LogP contribution in [-0.4, -0.2) is 48.6 Å². The van der Waals surface area contributed by atoms with E-state index < -0.39 is 27.7 Å². The largest absolute Gasteiger partial charge is 0.426 e. The Morgan fingerprint density at radius 3 is 2.19 bits per heavy atom. The van der Waals surface area contributed by atoms with Crippen LogP contribution >= 0.6 is 23.4 Å². The van der Waals surface area contributed by atoms with Crippen molar-refractivity contribution in [2.75, 3.05) is 18.4 Å². The van der Waals surface area contributed by atoms with Gasteiger partial charge in [0.2, 0.25) is 15.6 Å². The number of hydrogen-bond donors (Lipinski definition) is 2. The van der Waals surface area contributed by atoms with Crippen LogP contribution in [0.15, 0.2) is 57.2 Å². The minimum absolute atomic E-state index is 0.0189. The van der Waals surface area contributed by atoms with Gasteiger partial charge in [0.25, 0.3) is 5.91 Å². The summed E-state index contributed by atoms with van der Waals surface area (Å²) in [6.07, 6.45) is -3.45. The van der Waals surface area contributed by atoms with Crippen molar-refractivity contribution in [2.24, 2.45) is 0 Å². The van der Waals surface area contributed by atoms with E-state index in [-0.39, 0.29) is 15.6 Å². The molecule has 0 aliphatic carbocycles. The fourth-order valence-electron chi connectivity index (χ4n) is 2.93. The highest BCUT2D eigenvalue weighted by molar-refractivity contribution is 7.99. The van der Waals surface area contributed by atoms with Crippen LogP contribution in [0, 0.1) is 0 Å². The number of hydrogen-bond acceptors (Lipinski definition) is 5. The van der Waals surface area contributed by atoms with Gasteiger partial charge in [0, 0.05) is 22.9 Å². The van der Waals surface area contributed by atoms with E-state index in [1.165, 1.54) is 46.4 Å². The molecule has 12 heteroatoms. The van der Waals surface area contributed by atoms with Gasteiger partial charge in [-0.2, -0.15) is 17.5 Å². The molecule has 0 bridgehead atoms. The molecule has 32 heavy (non-hydrogen) atoms. The molecule has 6 nitrogen and oxygen atoms in total. The number of alkyl halides is 3. The van der Waals surface area contributed by atoms with Crippen molar-refractivity contribution in [1.29, 1.82) is 0 Å². The first-order valence-corrected chi connectivity index (χ1v) is 12.1. The average Bonchev–Trinajstić information content (AvgIpc) is 3.25. The van der Waals surface area contributed by atoms with Gasteiger partial charge in [-0.1, -0.05) is 23.4 Å². The summed E-state index contributed by atoms with van der Waals surface area (Å²) < 4.78 is 65.0. The molecule has 2 aromatic rings. The van der Waals surface area contributed by atoms with Crippen molar-refractivity contribution >= 4 is 45.0 Å². The molecule has 1 aliphatic heterocycles. The van der Waals surface area contributed by atoms with E-state index in [0.29, 0.717) is 24.9 Å². The molecule has 1 heterocycles. The number of halogens is 4. The summed E-state index contributed by atoms with van der Waals surface area (Å²) in [6, 6.07) is 10.6. The van der Waals surface area contributed by atoms with Crippen LogP contribution in [0.1, 0.15) is 19.8 Å². The maximum absolute atomic E-state index is 12.8. The third-order valence-corrected chi connectivity index (χ3v) is 8.17. The number of carbonyl (C=O) groups excluding carboxylic acids is 1. The molecule has 0 spiro atoms. The van der Waals surface area contributed by atoms with Crippen LogP contribution in [0.5, 0.6) is 0 Å². The van der Waals surface area contributed by atoms with E-state index >= 15 is 0 Å². The second kappa shape index (κ2) is 9.22. The minimum Gasteiger partial charge on any atom is -0.373 e. The highest BCUT2D eigenvalue weighted by Gasteiger charge is 2.55. The summed E-state index contributed by atoms with van der Waals surface area (Å²) in [5, 5.41) is 11.4. The van der Waals surface area contributed by atoms with Gasteiger partial charge in [-0.3, -0.25) is 4.79 Å². The summed E-state index contributed by atoms with van der Waals surface area (Å²) >= 11 is 7.34. The van der Waals surface area contributed by atoms with E-state index in [1.54, 1.807) is 12.1 Å². The molecule has 1 atom stereocenters. The van der Waals surface area contributed by atoms with Crippen LogP contribution in [0.4, 0.5) is 18.9 Å². The van der Waals surface area contributed by atoms with Crippen molar-refractivity contribution in [1.82, 2.24) is 4.31 Å². The lowest BCUT2D eigenvalue weighted by Gasteiger charge is -2.25.